The lowest BCUT2D eigenvalue weighted by molar-refractivity contribution is 1.31. The van der Waals surface area contributed by atoms with Gasteiger partial charge >= 0.3 is 0 Å². The molecule has 0 fully saturated rings. The Bertz CT molecular complexity index is 622. The summed E-state index contributed by atoms with van der Waals surface area (Å²) in [5, 5.41) is 0. The van der Waals surface area contributed by atoms with Crippen LogP contribution >= 0.6 is 0 Å². The minimum Gasteiger partial charge on any atom is -0.399 e. The molecule has 0 saturated heterocycles. The van der Waals surface area contributed by atoms with E-state index in [0.717, 1.165) is 28.3 Å². The van der Waals surface area contributed by atoms with Gasteiger partial charge in [0.1, 0.15) is 5.82 Å². The number of H-pyrrole nitrogens is 2. The van der Waals surface area contributed by atoms with E-state index in [1.54, 1.807) is 0 Å². The molecule has 84 valence electrons. The van der Waals surface area contributed by atoms with Crippen LogP contribution in [-0.2, 0) is 0 Å². The molecule has 0 aliphatic rings. The first kappa shape index (κ1) is 9.72. The average molecular weight is 224 g/mol. The molecule has 4 heteroatoms. The van der Waals surface area contributed by atoms with Gasteiger partial charge in [0, 0.05) is 29.2 Å². The summed E-state index contributed by atoms with van der Waals surface area (Å²) in [5.74, 6) is 0.827. The standard InChI is InChI=1S/C13H12N4/c14-11-3-1-2-9(6-11)13-16-8-12(17-13)10-4-5-15-7-10/h1-8,15H,14H2,(H,16,17). The van der Waals surface area contributed by atoms with Crippen LogP contribution in [0.2, 0.25) is 0 Å². The van der Waals surface area contributed by atoms with E-state index in [4.69, 9.17) is 5.73 Å². The van der Waals surface area contributed by atoms with Gasteiger partial charge < -0.3 is 15.7 Å². The Kier molecular flexibility index (Phi) is 2.19. The molecule has 3 aromatic rings. The molecule has 0 aliphatic carbocycles. The molecule has 0 atom stereocenters. The summed E-state index contributed by atoms with van der Waals surface area (Å²) in [5.41, 5.74) is 9.56. The van der Waals surface area contributed by atoms with Gasteiger partial charge in [0.05, 0.1) is 11.9 Å². The number of aromatic amines is 2. The van der Waals surface area contributed by atoms with Gasteiger partial charge in [0.15, 0.2) is 0 Å². The summed E-state index contributed by atoms with van der Waals surface area (Å²) in [6.45, 7) is 0. The topological polar surface area (TPSA) is 70.5 Å². The van der Waals surface area contributed by atoms with Crippen LogP contribution in [0.4, 0.5) is 5.69 Å². The zero-order valence-corrected chi connectivity index (χ0v) is 9.14. The van der Waals surface area contributed by atoms with Crippen molar-refractivity contribution in [2.24, 2.45) is 0 Å². The zero-order chi connectivity index (χ0) is 11.7. The molecule has 4 N–H and O–H groups in total. The van der Waals surface area contributed by atoms with E-state index in [0.29, 0.717) is 0 Å². The average Bonchev–Trinajstić information content (AvgIpc) is 3.00. The third-order valence-corrected chi connectivity index (χ3v) is 2.64. The number of nitrogens with two attached hydrogens (primary N) is 1. The van der Waals surface area contributed by atoms with Crippen molar-refractivity contribution in [3.63, 3.8) is 0 Å². The highest BCUT2D eigenvalue weighted by molar-refractivity contribution is 5.66. The van der Waals surface area contributed by atoms with Gasteiger partial charge in [-0.2, -0.15) is 0 Å². The molecule has 0 aliphatic heterocycles. The van der Waals surface area contributed by atoms with Crippen molar-refractivity contribution in [3.8, 4) is 22.6 Å². The number of nitrogens with zero attached hydrogens (tertiary/aromatic N) is 1. The van der Waals surface area contributed by atoms with Gasteiger partial charge in [-0.15, -0.1) is 0 Å². The van der Waals surface area contributed by atoms with Gasteiger partial charge in [-0.05, 0) is 18.2 Å². The lowest BCUT2D eigenvalue weighted by Gasteiger charge is -1.98. The number of benzene rings is 1. The Balaban J connectivity index is 2.01. The Hall–Kier alpha value is -2.49. The third kappa shape index (κ3) is 1.80. The van der Waals surface area contributed by atoms with Crippen LogP contribution in [-0.4, -0.2) is 15.0 Å². The van der Waals surface area contributed by atoms with E-state index in [1.807, 2.05) is 48.9 Å². The fraction of sp³-hybridized carbons (Fsp3) is 0. The molecule has 3 rings (SSSR count). The second-order valence-corrected chi connectivity index (χ2v) is 3.87. The fourth-order valence-electron chi connectivity index (χ4n) is 1.79. The number of anilines is 1. The van der Waals surface area contributed by atoms with Crippen LogP contribution in [0, 0.1) is 0 Å². The monoisotopic (exact) mass is 224 g/mol. The van der Waals surface area contributed by atoms with Crippen LogP contribution in [0.3, 0.4) is 0 Å². The Morgan fingerprint density at radius 3 is 2.82 bits per heavy atom. The summed E-state index contributed by atoms with van der Waals surface area (Å²) in [6, 6.07) is 9.66. The number of hydrogen-bond acceptors (Lipinski definition) is 2. The van der Waals surface area contributed by atoms with E-state index in [9.17, 15) is 0 Å². The molecule has 0 bridgehead atoms. The lowest BCUT2D eigenvalue weighted by Crippen LogP contribution is -1.86. The molecule has 0 radical (unpaired) electrons. The van der Waals surface area contributed by atoms with Crippen LogP contribution in [0.1, 0.15) is 0 Å². The predicted molar refractivity (Wildman–Crippen MR) is 68.2 cm³/mol. The Labute approximate surface area is 98.5 Å². The van der Waals surface area contributed by atoms with E-state index in [1.165, 1.54) is 0 Å². The van der Waals surface area contributed by atoms with Crippen LogP contribution in [0.5, 0.6) is 0 Å². The van der Waals surface area contributed by atoms with Gasteiger partial charge in [-0.1, -0.05) is 12.1 Å². The van der Waals surface area contributed by atoms with Gasteiger partial charge in [-0.25, -0.2) is 4.98 Å². The van der Waals surface area contributed by atoms with Crippen molar-refractivity contribution >= 4 is 5.69 Å². The quantitative estimate of drug-likeness (QED) is 0.585. The highest BCUT2D eigenvalue weighted by Gasteiger charge is 2.05. The van der Waals surface area contributed by atoms with Gasteiger partial charge in [-0.3, -0.25) is 0 Å². The maximum atomic E-state index is 5.75. The molecule has 4 nitrogen and oxygen atoms in total. The smallest absolute Gasteiger partial charge is 0.137 e. The molecule has 0 unspecified atom stereocenters. The largest absolute Gasteiger partial charge is 0.399 e. The first-order valence-corrected chi connectivity index (χ1v) is 5.37. The highest BCUT2D eigenvalue weighted by Crippen LogP contribution is 2.22. The molecule has 0 amide bonds. The second-order valence-electron chi connectivity index (χ2n) is 3.87. The zero-order valence-electron chi connectivity index (χ0n) is 9.14. The molecule has 17 heavy (non-hydrogen) atoms. The second kappa shape index (κ2) is 3.83. The van der Waals surface area contributed by atoms with Crippen LogP contribution in [0.15, 0.2) is 48.9 Å². The number of nitrogens with one attached hydrogen (secondary N) is 2. The number of hydrogen-bond donors (Lipinski definition) is 3. The number of imidazole rings is 1. The first-order chi connectivity index (χ1) is 8.33. The van der Waals surface area contributed by atoms with Crippen molar-refractivity contribution in [1.82, 2.24) is 15.0 Å². The molecule has 2 aromatic heterocycles. The Morgan fingerprint density at radius 1 is 1.12 bits per heavy atom. The molecular formula is C13H12N4. The van der Waals surface area contributed by atoms with Crippen molar-refractivity contribution in [2.75, 3.05) is 5.73 Å². The maximum absolute atomic E-state index is 5.75. The van der Waals surface area contributed by atoms with E-state index in [2.05, 4.69) is 15.0 Å². The van der Waals surface area contributed by atoms with Crippen molar-refractivity contribution in [3.05, 3.63) is 48.9 Å². The summed E-state index contributed by atoms with van der Waals surface area (Å²) in [4.78, 5) is 10.6. The minimum atomic E-state index is 0.738. The molecule has 0 spiro atoms. The summed E-state index contributed by atoms with van der Waals surface area (Å²) in [6.07, 6.45) is 5.63. The maximum Gasteiger partial charge on any atom is 0.137 e. The highest BCUT2D eigenvalue weighted by atomic mass is 14.9. The van der Waals surface area contributed by atoms with E-state index < -0.39 is 0 Å². The van der Waals surface area contributed by atoms with Crippen molar-refractivity contribution in [1.29, 1.82) is 0 Å². The summed E-state index contributed by atoms with van der Waals surface area (Å²) >= 11 is 0. The number of aromatic nitrogens is 3. The van der Waals surface area contributed by atoms with E-state index >= 15 is 0 Å². The lowest BCUT2D eigenvalue weighted by atomic mass is 10.2. The van der Waals surface area contributed by atoms with Gasteiger partial charge in [0.25, 0.3) is 0 Å². The summed E-state index contributed by atoms with van der Waals surface area (Å²) < 4.78 is 0. The fourth-order valence-corrected chi connectivity index (χ4v) is 1.79. The Morgan fingerprint density at radius 2 is 2.06 bits per heavy atom. The number of rotatable bonds is 2. The SMILES string of the molecule is Nc1cccc(-c2ncc(-c3cc[nH]c3)[nH]2)c1. The molecule has 0 saturated carbocycles. The van der Waals surface area contributed by atoms with Gasteiger partial charge in [0.2, 0.25) is 0 Å². The third-order valence-electron chi connectivity index (χ3n) is 2.64. The molecular weight excluding hydrogens is 212 g/mol. The number of nitrogen functional groups attached to an aromatic ring is 1. The minimum absolute atomic E-state index is 0.738. The van der Waals surface area contributed by atoms with Crippen molar-refractivity contribution in [2.45, 2.75) is 0 Å². The van der Waals surface area contributed by atoms with Crippen molar-refractivity contribution < 1.29 is 0 Å². The molecule has 1 aromatic carbocycles. The molecule has 2 heterocycles. The van der Waals surface area contributed by atoms with Crippen LogP contribution in [0.25, 0.3) is 22.6 Å². The summed E-state index contributed by atoms with van der Waals surface area (Å²) in [7, 11) is 0. The predicted octanol–water partition coefficient (Wildman–Crippen LogP) is 2.65. The normalized spacial score (nSPS) is 10.6. The van der Waals surface area contributed by atoms with E-state index in [-0.39, 0.29) is 0 Å². The first-order valence-electron chi connectivity index (χ1n) is 5.37. The van der Waals surface area contributed by atoms with Crippen LogP contribution < -0.4 is 5.73 Å².